The largest absolute Gasteiger partial charge is 0.469 e. The first kappa shape index (κ1) is 11.2. The summed E-state index contributed by atoms with van der Waals surface area (Å²) in [6, 6.07) is 9.07. The summed E-state index contributed by atoms with van der Waals surface area (Å²) in [6.07, 6.45) is 1.36. The predicted octanol–water partition coefficient (Wildman–Crippen LogP) is 2.90. The molecule has 0 bridgehead atoms. The number of nitrogens with two attached hydrogens (primary N) is 1. The van der Waals surface area contributed by atoms with Crippen LogP contribution < -0.4 is 5.73 Å². The molecule has 0 aliphatic heterocycles. The number of nitrogen functional groups attached to an aromatic ring is 1. The fourth-order valence-electron chi connectivity index (χ4n) is 1.56. The van der Waals surface area contributed by atoms with Gasteiger partial charge in [0, 0.05) is 22.1 Å². The van der Waals surface area contributed by atoms with Gasteiger partial charge in [0.1, 0.15) is 5.76 Å². The Hall–Kier alpha value is -1.26. The van der Waals surface area contributed by atoms with E-state index in [2.05, 4.69) is 15.9 Å². The third kappa shape index (κ3) is 2.46. The Bertz CT molecular complexity index is 468. The molecule has 16 heavy (non-hydrogen) atoms. The molecule has 0 radical (unpaired) electrons. The lowest BCUT2D eigenvalue weighted by molar-refractivity contribution is 0.171. The third-order valence-electron chi connectivity index (χ3n) is 2.38. The highest BCUT2D eigenvalue weighted by atomic mass is 79.9. The van der Waals surface area contributed by atoms with Crippen molar-refractivity contribution >= 4 is 21.6 Å². The van der Waals surface area contributed by atoms with Gasteiger partial charge >= 0.3 is 0 Å². The van der Waals surface area contributed by atoms with E-state index in [-0.39, 0.29) is 0 Å². The molecule has 84 valence electrons. The molecule has 0 saturated heterocycles. The van der Waals surface area contributed by atoms with Crippen molar-refractivity contribution < 1.29 is 9.52 Å². The predicted molar refractivity (Wildman–Crippen MR) is 65.9 cm³/mol. The van der Waals surface area contributed by atoms with Crippen molar-refractivity contribution in [3.05, 3.63) is 52.4 Å². The number of hydrogen-bond donors (Lipinski definition) is 2. The molecule has 1 aromatic heterocycles. The average molecular weight is 282 g/mol. The van der Waals surface area contributed by atoms with Crippen LogP contribution in [0.1, 0.15) is 17.4 Å². The summed E-state index contributed by atoms with van der Waals surface area (Å²) < 4.78 is 6.08. The fourth-order valence-corrected chi connectivity index (χ4v) is 1.94. The summed E-state index contributed by atoms with van der Waals surface area (Å²) in [5.74, 6) is 0.742. The van der Waals surface area contributed by atoms with Gasteiger partial charge in [-0.25, -0.2) is 0 Å². The van der Waals surface area contributed by atoms with E-state index in [4.69, 9.17) is 10.2 Å². The zero-order chi connectivity index (χ0) is 11.5. The Kier molecular flexibility index (Phi) is 3.31. The SMILES string of the molecule is Nc1ccc(Br)cc1C(O)Cc1ccco1. The molecule has 4 heteroatoms. The molecule has 3 N–H and O–H groups in total. The zero-order valence-corrected chi connectivity index (χ0v) is 10.1. The minimum atomic E-state index is -0.649. The van der Waals surface area contributed by atoms with Gasteiger partial charge < -0.3 is 15.3 Å². The van der Waals surface area contributed by atoms with E-state index in [0.717, 1.165) is 10.2 Å². The lowest BCUT2D eigenvalue weighted by Gasteiger charge is -2.12. The second-order valence-corrected chi connectivity index (χ2v) is 4.49. The minimum Gasteiger partial charge on any atom is -0.469 e. The highest BCUT2D eigenvalue weighted by molar-refractivity contribution is 9.10. The van der Waals surface area contributed by atoms with Gasteiger partial charge in [-0.05, 0) is 30.3 Å². The average Bonchev–Trinajstić information content (AvgIpc) is 2.74. The summed E-state index contributed by atoms with van der Waals surface area (Å²) in [6.45, 7) is 0. The molecule has 2 aromatic rings. The first-order valence-corrected chi connectivity index (χ1v) is 5.71. The van der Waals surface area contributed by atoms with E-state index in [0.29, 0.717) is 17.7 Å². The second-order valence-electron chi connectivity index (χ2n) is 3.57. The number of benzene rings is 1. The molecule has 1 atom stereocenters. The Morgan fingerprint density at radius 1 is 1.38 bits per heavy atom. The molecular formula is C12H12BrNO2. The molecule has 0 aliphatic carbocycles. The fraction of sp³-hybridized carbons (Fsp3) is 0.167. The summed E-state index contributed by atoms with van der Waals surface area (Å²) in [5, 5.41) is 10.0. The van der Waals surface area contributed by atoms with Crippen LogP contribution in [0.25, 0.3) is 0 Å². The lowest BCUT2D eigenvalue weighted by Crippen LogP contribution is -2.04. The molecule has 1 unspecified atom stereocenters. The highest BCUT2D eigenvalue weighted by Gasteiger charge is 2.13. The molecule has 0 fully saturated rings. The number of aliphatic hydroxyl groups is 1. The van der Waals surface area contributed by atoms with Crippen LogP contribution >= 0.6 is 15.9 Å². The Balaban J connectivity index is 2.20. The van der Waals surface area contributed by atoms with Crippen LogP contribution in [0.3, 0.4) is 0 Å². The van der Waals surface area contributed by atoms with Crippen molar-refractivity contribution in [3.8, 4) is 0 Å². The summed E-state index contributed by atoms with van der Waals surface area (Å²) in [7, 11) is 0. The summed E-state index contributed by atoms with van der Waals surface area (Å²) in [5.41, 5.74) is 7.11. The van der Waals surface area contributed by atoms with Gasteiger partial charge in [0.15, 0.2) is 0 Å². The molecule has 3 nitrogen and oxygen atoms in total. The highest BCUT2D eigenvalue weighted by Crippen LogP contribution is 2.27. The van der Waals surface area contributed by atoms with Crippen molar-refractivity contribution in [1.82, 2.24) is 0 Å². The lowest BCUT2D eigenvalue weighted by atomic mass is 10.0. The van der Waals surface area contributed by atoms with Crippen LogP contribution in [0.15, 0.2) is 45.5 Å². The van der Waals surface area contributed by atoms with Gasteiger partial charge in [0.2, 0.25) is 0 Å². The standard InChI is InChI=1S/C12H12BrNO2/c13-8-3-4-11(14)10(6-8)12(15)7-9-2-1-5-16-9/h1-6,12,15H,7,14H2. The molecule has 1 aromatic carbocycles. The van der Waals surface area contributed by atoms with Crippen molar-refractivity contribution in [1.29, 1.82) is 0 Å². The Morgan fingerprint density at radius 2 is 2.19 bits per heavy atom. The van der Waals surface area contributed by atoms with E-state index in [9.17, 15) is 5.11 Å². The molecule has 0 spiro atoms. The monoisotopic (exact) mass is 281 g/mol. The molecular weight excluding hydrogens is 270 g/mol. The van der Waals surface area contributed by atoms with Gasteiger partial charge in [0.05, 0.1) is 12.4 Å². The summed E-state index contributed by atoms with van der Waals surface area (Å²) >= 11 is 3.35. The van der Waals surface area contributed by atoms with E-state index in [1.165, 1.54) is 0 Å². The zero-order valence-electron chi connectivity index (χ0n) is 8.56. The van der Waals surface area contributed by atoms with E-state index >= 15 is 0 Å². The third-order valence-corrected chi connectivity index (χ3v) is 2.88. The minimum absolute atomic E-state index is 0.424. The van der Waals surface area contributed by atoms with Gasteiger partial charge in [-0.3, -0.25) is 0 Å². The quantitative estimate of drug-likeness (QED) is 0.851. The van der Waals surface area contributed by atoms with Crippen molar-refractivity contribution in [2.24, 2.45) is 0 Å². The smallest absolute Gasteiger partial charge is 0.106 e. The molecule has 0 saturated carbocycles. The van der Waals surface area contributed by atoms with Gasteiger partial charge in [-0.1, -0.05) is 15.9 Å². The number of anilines is 1. The first-order valence-electron chi connectivity index (χ1n) is 4.92. The number of rotatable bonds is 3. The maximum absolute atomic E-state index is 10.0. The number of aliphatic hydroxyl groups excluding tert-OH is 1. The van der Waals surface area contributed by atoms with Crippen LogP contribution in [0, 0.1) is 0 Å². The van der Waals surface area contributed by atoms with Crippen LogP contribution in [-0.2, 0) is 6.42 Å². The maximum Gasteiger partial charge on any atom is 0.106 e. The molecule has 0 aliphatic rings. The molecule has 0 amide bonds. The van der Waals surface area contributed by atoms with E-state index < -0.39 is 6.10 Å². The molecule has 1 heterocycles. The van der Waals surface area contributed by atoms with E-state index in [1.54, 1.807) is 18.4 Å². The maximum atomic E-state index is 10.0. The van der Waals surface area contributed by atoms with Crippen LogP contribution in [0.4, 0.5) is 5.69 Å². The van der Waals surface area contributed by atoms with Crippen molar-refractivity contribution in [3.63, 3.8) is 0 Å². The number of furan rings is 1. The normalized spacial score (nSPS) is 12.6. The van der Waals surface area contributed by atoms with Crippen LogP contribution in [-0.4, -0.2) is 5.11 Å². The summed E-state index contributed by atoms with van der Waals surface area (Å²) in [4.78, 5) is 0. The van der Waals surface area contributed by atoms with Crippen molar-refractivity contribution in [2.75, 3.05) is 5.73 Å². The first-order chi connectivity index (χ1) is 7.66. The van der Waals surface area contributed by atoms with Crippen LogP contribution in [0.5, 0.6) is 0 Å². The number of halogens is 1. The van der Waals surface area contributed by atoms with Crippen molar-refractivity contribution in [2.45, 2.75) is 12.5 Å². The van der Waals surface area contributed by atoms with Gasteiger partial charge in [-0.15, -0.1) is 0 Å². The molecule has 2 rings (SSSR count). The van der Waals surface area contributed by atoms with E-state index in [1.807, 2.05) is 18.2 Å². The van der Waals surface area contributed by atoms with Crippen LogP contribution in [0.2, 0.25) is 0 Å². The topological polar surface area (TPSA) is 59.4 Å². The van der Waals surface area contributed by atoms with Gasteiger partial charge in [0.25, 0.3) is 0 Å². The Morgan fingerprint density at radius 3 is 2.88 bits per heavy atom. The number of hydrogen-bond acceptors (Lipinski definition) is 3. The second kappa shape index (κ2) is 4.72. The Labute approximate surface area is 102 Å². The van der Waals surface area contributed by atoms with Gasteiger partial charge in [-0.2, -0.15) is 0 Å².